The summed E-state index contributed by atoms with van der Waals surface area (Å²) < 4.78 is 5.00. The van der Waals surface area contributed by atoms with Crippen LogP contribution in [0.25, 0.3) is 0 Å². The SMILES string of the molecule is CCN(CC)c1nc(OC)c(C=O)s1. The number of hydrogen-bond donors (Lipinski definition) is 0. The molecule has 0 radical (unpaired) electrons. The van der Waals surface area contributed by atoms with Crippen molar-refractivity contribution in [2.24, 2.45) is 0 Å². The predicted octanol–water partition coefficient (Wildman–Crippen LogP) is 1.81. The molecule has 0 spiro atoms. The van der Waals surface area contributed by atoms with Crippen LogP contribution in [0.3, 0.4) is 0 Å². The van der Waals surface area contributed by atoms with Crippen LogP contribution < -0.4 is 9.64 Å². The van der Waals surface area contributed by atoms with Crippen LogP contribution in [0.2, 0.25) is 0 Å². The van der Waals surface area contributed by atoms with Crippen LogP contribution in [0.1, 0.15) is 23.5 Å². The van der Waals surface area contributed by atoms with Crippen molar-refractivity contribution >= 4 is 22.8 Å². The van der Waals surface area contributed by atoms with Gasteiger partial charge in [-0.05, 0) is 13.8 Å². The van der Waals surface area contributed by atoms with Gasteiger partial charge in [-0.25, -0.2) is 0 Å². The minimum absolute atomic E-state index is 0.423. The first-order chi connectivity index (χ1) is 6.76. The first kappa shape index (κ1) is 11.0. The van der Waals surface area contributed by atoms with Crippen molar-refractivity contribution in [1.29, 1.82) is 0 Å². The van der Waals surface area contributed by atoms with Crippen LogP contribution in [0.4, 0.5) is 5.13 Å². The fourth-order valence-corrected chi connectivity index (χ4v) is 2.13. The lowest BCUT2D eigenvalue weighted by atomic mass is 10.5. The highest BCUT2D eigenvalue weighted by atomic mass is 32.1. The van der Waals surface area contributed by atoms with Gasteiger partial charge in [0.2, 0.25) is 5.88 Å². The van der Waals surface area contributed by atoms with Crippen molar-refractivity contribution in [1.82, 2.24) is 4.98 Å². The maximum Gasteiger partial charge on any atom is 0.237 e. The third kappa shape index (κ3) is 2.04. The van der Waals surface area contributed by atoms with E-state index in [2.05, 4.69) is 23.7 Å². The molecule has 0 N–H and O–H groups in total. The smallest absolute Gasteiger partial charge is 0.237 e. The number of nitrogens with zero attached hydrogens (tertiary/aromatic N) is 2. The Morgan fingerprint density at radius 1 is 1.50 bits per heavy atom. The van der Waals surface area contributed by atoms with E-state index in [1.807, 2.05) is 0 Å². The van der Waals surface area contributed by atoms with E-state index < -0.39 is 0 Å². The highest BCUT2D eigenvalue weighted by molar-refractivity contribution is 7.17. The number of rotatable bonds is 5. The summed E-state index contributed by atoms with van der Waals surface area (Å²) in [5.41, 5.74) is 0. The van der Waals surface area contributed by atoms with E-state index in [1.165, 1.54) is 18.4 Å². The predicted molar refractivity (Wildman–Crippen MR) is 57.6 cm³/mol. The quantitative estimate of drug-likeness (QED) is 0.701. The van der Waals surface area contributed by atoms with Gasteiger partial charge in [-0.3, -0.25) is 4.79 Å². The third-order valence-corrected chi connectivity index (χ3v) is 2.97. The molecule has 0 aliphatic heterocycles. The standard InChI is InChI=1S/C9H14N2O2S/c1-4-11(5-2)9-10-8(13-3)7(6-12)14-9/h6H,4-5H2,1-3H3. The molecular weight excluding hydrogens is 200 g/mol. The topological polar surface area (TPSA) is 42.4 Å². The fourth-order valence-electron chi connectivity index (χ4n) is 1.16. The van der Waals surface area contributed by atoms with Crippen molar-refractivity contribution in [3.63, 3.8) is 0 Å². The summed E-state index contributed by atoms with van der Waals surface area (Å²) in [5, 5.41) is 0.842. The Bertz CT molecular complexity index is 308. The third-order valence-electron chi connectivity index (χ3n) is 1.94. The van der Waals surface area contributed by atoms with Crippen molar-refractivity contribution in [3.8, 4) is 5.88 Å². The summed E-state index contributed by atoms with van der Waals surface area (Å²) >= 11 is 1.36. The largest absolute Gasteiger partial charge is 0.480 e. The van der Waals surface area contributed by atoms with Crippen LogP contribution >= 0.6 is 11.3 Å². The second-order valence-corrected chi connectivity index (χ2v) is 3.67. The molecule has 0 saturated heterocycles. The maximum atomic E-state index is 10.7. The van der Waals surface area contributed by atoms with E-state index in [4.69, 9.17) is 4.74 Å². The van der Waals surface area contributed by atoms with Crippen LogP contribution in [-0.4, -0.2) is 31.5 Å². The monoisotopic (exact) mass is 214 g/mol. The Kier molecular flexibility index (Phi) is 3.88. The molecule has 1 aromatic heterocycles. The Balaban J connectivity index is 2.98. The Hall–Kier alpha value is -1.10. The molecule has 0 bridgehead atoms. The van der Waals surface area contributed by atoms with Gasteiger partial charge in [0, 0.05) is 13.1 Å². The number of carbonyl (C=O) groups excluding carboxylic acids is 1. The molecule has 0 saturated carbocycles. The molecule has 1 rings (SSSR count). The van der Waals surface area contributed by atoms with E-state index in [0.717, 1.165) is 24.5 Å². The second-order valence-electron chi connectivity index (χ2n) is 2.66. The molecule has 0 fully saturated rings. The van der Waals surface area contributed by atoms with Gasteiger partial charge in [-0.2, -0.15) is 4.98 Å². The van der Waals surface area contributed by atoms with Crippen LogP contribution in [0.5, 0.6) is 5.88 Å². The molecule has 0 amide bonds. The minimum atomic E-state index is 0.423. The van der Waals surface area contributed by atoms with E-state index in [-0.39, 0.29) is 0 Å². The van der Waals surface area contributed by atoms with Gasteiger partial charge >= 0.3 is 0 Å². The molecule has 0 aliphatic carbocycles. The van der Waals surface area contributed by atoms with Crippen molar-refractivity contribution in [2.45, 2.75) is 13.8 Å². The van der Waals surface area contributed by atoms with Crippen LogP contribution in [0.15, 0.2) is 0 Å². The summed E-state index contributed by atoms with van der Waals surface area (Å²) in [6, 6.07) is 0. The zero-order valence-electron chi connectivity index (χ0n) is 8.61. The number of thiazole rings is 1. The highest BCUT2D eigenvalue weighted by Gasteiger charge is 2.14. The molecule has 14 heavy (non-hydrogen) atoms. The number of carbonyl (C=O) groups is 1. The number of anilines is 1. The lowest BCUT2D eigenvalue weighted by molar-refractivity contribution is 0.112. The van der Waals surface area contributed by atoms with E-state index in [0.29, 0.717) is 10.8 Å². The van der Waals surface area contributed by atoms with E-state index in [1.54, 1.807) is 0 Å². The van der Waals surface area contributed by atoms with Crippen LogP contribution in [0, 0.1) is 0 Å². The number of aromatic nitrogens is 1. The molecule has 0 aromatic carbocycles. The van der Waals surface area contributed by atoms with Crippen molar-refractivity contribution < 1.29 is 9.53 Å². The Morgan fingerprint density at radius 3 is 2.50 bits per heavy atom. The van der Waals surface area contributed by atoms with Gasteiger partial charge in [0.15, 0.2) is 11.4 Å². The average Bonchev–Trinajstić information content (AvgIpc) is 2.63. The summed E-state index contributed by atoms with van der Waals surface area (Å²) in [7, 11) is 1.52. The van der Waals surface area contributed by atoms with Crippen molar-refractivity contribution in [2.75, 3.05) is 25.1 Å². The molecule has 78 valence electrons. The van der Waals surface area contributed by atoms with Gasteiger partial charge in [-0.1, -0.05) is 11.3 Å². The van der Waals surface area contributed by atoms with Gasteiger partial charge in [0.1, 0.15) is 4.88 Å². The number of methoxy groups -OCH3 is 1. The molecule has 0 atom stereocenters. The lowest BCUT2D eigenvalue weighted by Crippen LogP contribution is -2.21. The Labute approximate surface area is 87.5 Å². The van der Waals surface area contributed by atoms with E-state index >= 15 is 0 Å². The summed E-state index contributed by atoms with van der Waals surface area (Å²) in [4.78, 5) is 17.5. The molecule has 0 unspecified atom stereocenters. The first-order valence-electron chi connectivity index (χ1n) is 4.51. The summed E-state index contributed by atoms with van der Waals surface area (Å²) in [5.74, 6) is 0.423. The Morgan fingerprint density at radius 2 is 2.14 bits per heavy atom. The number of aldehydes is 1. The minimum Gasteiger partial charge on any atom is -0.480 e. The number of hydrogen-bond acceptors (Lipinski definition) is 5. The first-order valence-corrected chi connectivity index (χ1v) is 5.33. The van der Waals surface area contributed by atoms with Crippen LogP contribution in [-0.2, 0) is 0 Å². The van der Waals surface area contributed by atoms with Gasteiger partial charge in [0.25, 0.3) is 0 Å². The van der Waals surface area contributed by atoms with Crippen molar-refractivity contribution in [3.05, 3.63) is 4.88 Å². The maximum absolute atomic E-state index is 10.7. The fraction of sp³-hybridized carbons (Fsp3) is 0.556. The molecule has 5 heteroatoms. The van der Waals surface area contributed by atoms with E-state index in [9.17, 15) is 4.79 Å². The molecule has 4 nitrogen and oxygen atoms in total. The molecule has 1 aromatic rings. The van der Waals surface area contributed by atoms with Gasteiger partial charge < -0.3 is 9.64 Å². The molecule has 0 aliphatic rings. The summed E-state index contributed by atoms with van der Waals surface area (Å²) in [6.07, 6.45) is 0.781. The molecule has 1 heterocycles. The molecular formula is C9H14N2O2S. The zero-order valence-corrected chi connectivity index (χ0v) is 9.43. The second kappa shape index (κ2) is 4.95. The highest BCUT2D eigenvalue weighted by Crippen LogP contribution is 2.29. The zero-order chi connectivity index (χ0) is 10.6. The average molecular weight is 214 g/mol. The lowest BCUT2D eigenvalue weighted by Gasteiger charge is -2.16. The normalized spacial score (nSPS) is 9.93. The van der Waals surface area contributed by atoms with Gasteiger partial charge in [-0.15, -0.1) is 0 Å². The van der Waals surface area contributed by atoms with Gasteiger partial charge in [0.05, 0.1) is 7.11 Å². The number of ether oxygens (including phenoxy) is 1. The summed E-state index contributed by atoms with van der Waals surface area (Å²) in [6.45, 7) is 5.87.